The minimum Gasteiger partial charge on any atom is -0.462 e. The van der Waals surface area contributed by atoms with E-state index in [4.69, 9.17) is 9.47 Å². The molecule has 5 fully saturated rings. The second kappa shape index (κ2) is 4.45. The molecule has 1 saturated heterocycles. The predicted molar refractivity (Wildman–Crippen MR) is 76.6 cm³/mol. The zero-order valence-electron chi connectivity index (χ0n) is 12.9. The van der Waals surface area contributed by atoms with E-state index in [2.05, 4.69) is 6.92 Å². The third kappa shape index (κ3) is 2.14. The van der Waals surface area contributed by atoms with Crippen molar-refractivity contribution in [2.24, 2.45) is 17.3 Å². The van der Waals surface area contributed by atoms with Crippen LogP contribution in [0.25, 0.3) is 0 Å². The van der Waals surface area contributed by atoms with Crippen LogP contribution in [0.1, 0.15) is 58.3 Å². The fraction of sp³-hybridized carbons (Fsp3) is 0.941. The highest BCUT2D eigenvalue weighted by atomic mass is 16.6. The zero-order chi connectivity index (χ0) is 14.7. The van der Waals surface area contributed by atoms with Gasteiger partial charge in [0.05, 0.1) is 17.6 Å². The molecule has 0 radical (unpaired) electrons. The summed E-state index contributed by atoms with van der Waals surface area (Å²) in [6, 6.07) is 0. The summed E-state index contributed by atoms with van der Waals surface area (Å²) in [5, 5.41) is 10.7. The molecule has 4 aliphatic carbocycles. The van der Waals surface area contributed by atoms with Crippen LogP contribution in [0.3, 0.4) is 0 Å². The number of rotatable bonds is 4. The summed E-state index contributed by atoms with van der Waals surface area (Å²) in [7, 11) is 0. The van der Waals surface area contributed by atoms with Gasteiger partial charge >= 0.3 is 5.97 Å². The summed E-state index contributed by atoms with van der Waals surface area (Å²) in [5.74, 6) is 0.964. The summed E-state index contributed by atoms with van der Waals surface area (Å²) in [4.78, 5) is 12.8. The summed E-state index contributed by atoms with van der Waals surface area (Å²) in [6.45, 7) is 3.25. The molecule has 5 aliphatic rings. The minimum absolute atomic E-state index is 0.0710. The normalized spacial score (nSPS) is 50.8. The average molecular weight is 294 g/mol. The van der Waals surface area contributed by atoms with Crippen LogP contribution >= 0.6 is 0 Å². The topological polar surface area (TPSA) is 55.8 Å². The van der Waals surface area contributed by atoms with Gasteiger partial charge in [-0.15, -0.1) is 0 Å². The van der Waals surface area contributed by atoms with Crippen LogP contribution in [-0.4, -0.2) is 35.5 Å². The molecule has 4 nitrogen and oxygen atoms in total. The first-order valence-corrected chi connectivity index (χ1v) is 8.50. The van der Waals surface area contributed by atoms with Crippen molar-refractivity contribution in [1.82, 2.24) is 0 Å². The van der Waals surface area contributed by atoms with Gasteiger partial charge in [-0.3, -0.25) is 4.79 Å². The third-order valence-electron chi connectivity index (χ3n) is 6.54. The zero-order valence-corrected chi connectivity index (χ0v) is 12.9. The Labute approximate surface area is 126 Å². The molecule has 0 spiro atoms. The number of hydrogen-bond acceptors (Lipinski definition) is 4. The highest BCUT2D eigenvalue weighted by Crippen LogP contribution is 2.62. The van der Waals surface area contributed by atoms with Crippen molar-refractivity contribution >= 4 is 5.97 Å². The van der Waals surface area contributed by atoms with Crippen LogP contribution in [0.4, 0.5) is 0 Å². The standard InChI is InChI=1S/C17H26O4/c1-2-17(3-4-21-17)11-20-14(18)15-6-12-5-13(7-15)9-16(19,8-12)10-15/h12-13,19H,2-11H2,1H3. The molecule has 1 aliphatic heterocycles. The van der Waals surface area contributed by atoms with E-state index in [0.29, 0.717) is 24.9 Å². The molecule has 3 atom stereocenters. The lowest BCUT2D eigenvalue weighted by Crippen LogP contribution is -2.59. The lowest BCUT2D eigenvalue weighted by molar-refractivity contribution is -0.214. The van der Waals surface area contributed by atoms with Gasteiger partial charge < -0.3 is 14.6 Å². The van der Waals surface area contributed by atoms with E-state index in [0.717, 1.165) is 45.1 Å². The maximum absolute atomic E-state index is 12.8. The van der Waals surface area contributed by atoms with Crippen molar-refractivity contribution in [3.05, 3.63) is 0 Å². The SMILES string of the molecule is CCC1(COC(=O)C23CC4CC(CC(O)(C4)C2)C3)CCO1. The Morgan fingerprint density at radius 2 is 1.95 bits per heavy atom. The molecule has 0 aromatic heterocycles. The lowest BCUT2D eigenvalue weighted by atomic mass is 9.48. The molecule has 21 heavy (non-hydrogen) atoms. The number of carbonyl (C=O) groups is 1. The Bertz CT molecular complexity index is 434. The Morgan fingerprint density at radius 1 is 1.29 bits per heavy atom. The van der Waals surface area contributed by atoms with Crippen LogP contribution < -0.4 is 0 Å². The monoisotopic (exact) mass is 294 g/mol. The summed E-state index contributed by atoms with van der Waals surface area (Å²) in [5.41, 5.74) is -1.23. The highest BCUT2D eigenvalue weighted by Gasteiger charge is 2.61. The fourth-order valence-corrected chi connectivity index (χ4v) is 5.69. The molecule has 4 bridgehead atoms. The molecule has 0 aromatic carbocycles. The molecular formula is C17H26O4. The van der Waals surface area contributed by atoms with Crippen molar-refractivity contribution in [3.63, 3.8) is 0 Å². The molecule has 0 amide bonds. The van der Waals surface area contributed by atoms with E-state index in [1.54, 1.807) is 0 Å². The van der Waals surface area contributed by atoms with Crippen molar-refractivity contribution < 1.29 is 19.4 Å². The van der Waals surface area contributed by atoms with Crippen molar-refractivity contribution in [1.29, 1.82) is 0 Å². The van der Waals surface area contributed by atoms with Crippen LogP contribution in [0, 0.1) is 17.3 Å². The molecule has 0 aromatic rings. The number of esters is 1. The van der Waals surface area contributed by atoms with Gasteiger partial charge in [0.15, 0.2) is 0 Å². The van der Waals surface area contributed by atoms with Gasteiger partial charge in [-0.25, -0.2) is 0 Å². The number of ether oxygens (including phenoxy) is 2. The largest absolute Gasteiger partial charge is 0.462 e. The average Bonchev–Trinajstić information content (AvgIpc) is 2.34. The van der Waals surface area contributed by atoms with Crippen molar-refractivity contribution in [2.75, 3.05) is 13.2 Å². The quantitative estimate of drug-likeness (QED) is 0.809. The van der Waals surface area contributed by atoms with E-state index in [1.807, 2.05) is 0 Å². The first-order chi connectivity index (χ1) is 9.97. The number of hydrogen-bond donors (Lipinski definition) is 1. The van der Waals surface area contributed by atoms with E-state index in [1.165, 1.54) is 6.42 Å². The fourth-order valence-electron chi connectivity index (χ4n) is 5.69. The van der Waals surface area contributed by atoms with Gasteiger partial charge in [0.25, 0.3) is 0 Å². The highest BCUT2D eigenvalue weighted by molar-refractivity contribution is 5.78. The molecule has 4 heteroatoms. The van der Waals surface area contributed by atoms with E-state index in [9.17, 15) is 9.90 Å². The lowest BCUT2D eigenvalue weighted by Gasteiger charge is -2.58. The molecular weight excluding hydrogens is 268 g/mol. The van der Waals surface area contributed by atoms with Crippen LogP contribution in [-0.2, 0) is 14.3 Å². The first kappa shape index (κ1) is 14.0. The third-order valence-corrected chi connectivity index (χ3v) is 6.54. The van der Waals surface area contributed by atoms with Gasteiger partial charge in [-0.1, -0.05) is 6.92 Å². The summed E-state index contributed by atoms with van der Waals surface area (Å²) in [6.07, 6.45) is 7.31. The predicted octanol–water partition coefficient (Wildman–Crippen LogP) is 2.43. The summed E-state index contributed by atoms with van der Waals surface area (Å²) >= 11 is 0. The van der Waals surface area contributed by atoms with E-state index < -0.39 is 11.0 Å². The van der Waals surface area contributed by atoms with Crippen molar-refractivity contribution in [3.8, 4) is 0 Å². The van der Waals surface area contributed by atoms with Gasteiger partial charge in [-0.2, -0.15) is 0 Å². The Balaban J connectivity index is 1.46. The number of carbonyl (C=O) groups excluding carboxylic acids is 1. The smallest absolute Gasteiger partial charge is 0.312 e. The van der Waals surface area contributed by atoms with Gasteiger partial charge in [0.2, 0.25) is 0 Å². The van der Waals surface area contributed by atoms with Gasteiger partial charge in [0, 0.05) is 6.42 Å². The van der Waals surface area contributed by atoms with Gasteiger partial charge in [-0.05, 0) is 56.8 Å². The summed E-state index contributed by atoms with van der Waals surface area (Å²) < 4.78 is 11.3. The van der Waals surface area contributed by atoms with Crippen LogP contribution in [0.5, 0.6) is 0 Å². The van der Waals surface area contributed by atoms with E-state index >= 15 is 0 Å². The van der Waals surface area contributed by atoms with Crippen LogP contribution in [0.2, 0.25) is 0 Å². The molecule has 5 rings (SSSR count). The Kier molecular flexibility index (Phi) is 2.97. The number of aliphatic hydroxyl groups is 1. The van der Waals surface area contributed by atoms with Crippen molar-refractivity contribution in [2.45, 2.75) is 69.5 Å². The molecule has 1 N–H and O–H groups in total. The first-order valence-electron chi connectivity index (χ1n) is 8.50. The minimum atomic E-state index is -0.599. The second-order valence-electron chi connectivity index (χ2n) is 8.18. The molecule has 1 heterocycles. The van der Waals surface area contributed by atoms with E-state index in [-0.39, 0.29) is 11.6 Å². The Hall–Kier alpha value is -0.610. The molecule has 4 saturated carbocycles. The second-order valence-corrected chi connectivity index (χ2v) is 8.18. The maximum atomic E-state index is 12.8. The van der Waals surface area contributed by atoms with Gasteiger partial charge in [0.1, 0.15) is 12.2 Å². The Morgan fingerprint density at radius 3 is 2.43 bits per heavy atom. The van der Waals surface area contributed by atoms with Crippen LogP contribution in [0.15, 0.2) is 0 Å². The molecule has 3 unspecified atom stereocenters. The molecule has 118 valence electrons. The maximum Gasteiger partial charge on any atom is 0.312 e.